The third-order valence-electron chi connectivity index (χ3n) is 5.98. The smallest absolute Gasteiger partial charge is 0.150 e. The molecule has 148 valence electrons. The van der Waals surface area contributed by atoms with Gasteiger partial charge < -0.3 is 10.6 Å². The highest BCUT2D eigenvalue weighted by Crippen LogP contribution is 2.30. The van der Waals surface area contributed by atoms with Crippen molar-refractivity contribution in [1.29, 1.82) is 0 Å². The first-order valence-corrected chi connectivity index (χ1v) is 10.7. The van der Waals surface area contributed by atoms with E-state index in [1.54, 1.807) is 11.5 Å². The quantitative estimate of drug-likeness (QED) is 0.709. The van der Waals surface area contributed by atoms with Crippen LogP contribution >= 0.6 is 23.9 Å². The minimum Gasteiger partial charge on any atom is -0.353 e. The number of fused-ring (bicyclic) bond motifs is 2. The van der Waals surface area contributed by atoms with Crippen LogP contribution < -0.4 is 10.6 Å². The molecule has 0 spiro atoms. The van der Waals surface area contributed by atoms with Gasteiger partial charge in [0.1, 0.15) is 5.82 Å². The molecule has 0 radical (unpaired) electrons. The lowest BCUT2D eigenvalue weighted by Crippen LogP contribution is -2.47. The van der Waals surface area contributed by atoms with Crippen LogP contribution in [0, 0.1) is 0 Å². The zero-order valence-electron chi connectivity index (χ0n) is 16.0. The molecule has 4 nitrogen and oxygen atoms in total. The van der Waals surface area contributed by atoms with Crippen LogP contribution in [0.3, 0.4) is 0 Å². The van der Waals surface area contributed by atoms with Gasteiger partial charge in [-0.1, -0.05) is 30.3 Å². The first kappa shape index (κ1) is 19.6. The van der Waals surface area contributed by atoms with Crippen LogP contribution in [0.5, 0.6) is 0 Å². The molecule has 2 aliphatic rings. The van der Waals surface area contributed by atoms with Crippen molar-refractivity contribution in [2.75, 3.05) is 37.6 Å². The number of nitrogens with zero attached hydrogens (tertiary/aromatic N) is 3. The fourth-order valence-electron chi connectivity index (χ4n) is 4.43. The molecule has 0 saturated carbocycles. The van der Waals surface area contributed by atoms with E-state index < -0.39 is 0 Å². The standard InChI is InChI=1S/C22H26N4S.ClH/c23-19-14-17-6-5-16(13-18(17)15-19)7-8-25-9-11-26(12-10-25)22-20-3-1-2-4-21(20)27-24-22;/h1-6,13,19H,7-12,14-15,23H2;1H. The van der Waals surface area contributed by atoms with E-state index in [9.17, 15) is 0 Å². The van der Waals surface area contributed by atoms with Gasteiger partial charge in [-0.25, -0.2) is 0 Å². The average Bonchev–Trinajstić information content (AvgIpc) is 3.29. The summed E-state index contributed by atoms with van der Waals surface area (Å²) in [6.07, 6.45) is 3.22. The molecule has 1 aromatic heterocycles. The van der Waals surface area contributed by atoms with Crippen LogP contribution in [0.15, 0.2) is 42.5 Å². The van der Waals surface area contributed by atoms with E-state index in [0.717, 1.165) is 52.0 Å². The molecule has 0 bridgehead atoms. The highest BCUT2D eigenvalue weighted by Gasteiger charge is 2.21. The Bertz CT molecular complexity index is 949. The van der Waals surface area contributed by atoms with Crippen molar-refractivity contribution in [1.82, 2.24) is 9.27 Å². The second-order valence-electron chi connectivity index (χ2n) is 7.85. The molecule has 1 aliphatic heterocycles. The van der Waals surface area contributed by atoms with Crippen LogP contribution in [0.4, 0.5) is 5.82 Å². The first-order chi connectivity index (χ1) is 13.3. The Labute approximate surface area is 176 Å². The van der Waals surface area contributed by atoms with Crippen molar-refractivity contribution in [3.05, 3.63) is 59.2 Å². The summed E-state index contributed by atoms with van der Waals surface area (Å²) in [5, 5.41) is 1.30. The number of benzene rings is 2. The largest absolute Gasteiger partial charge is 0.353 e. The molecule has 6 heteroatoms. The van der Waals surface area contributed by atoms with E-state index in [2.05, 4.69) is 52.3 Å². The van der Waals surface area contributed by atoms with E-state index in [0.29, 0.717) is 6.04 Å². The summed E-state index contributed by atoms with van der Waals surface area (Å²) < 4.78 is 6.00. The highest BCUT2D eigenvalue weighted by atomic mass is 35.5. The number of nitrogens with two attached hydrogens (primary N) is 1. The maximum Gasteiger partial charge on any atom is 0.150 e. The summed E-state index contributed by atoms with van der Waals surface area (Å²) in [5.74, 6) is 1.17. The maximum absolute atomic E-state index is 6.10. The molecule has 2 aromatic carbocycles. The van der Waals surface area contributed by atoms with Crippen LogP contribution in [0.2, 0.25) is 0 Å². The lowest BCUT2D eigenvalue weighted by molar-refractivity contribution is 0.260. The fourth-order valence-corrected chi connectivity index (χ4v) is 5.23. The van der Waals surface area contributed by atoms with Crippen molar-refractivity contribution < 1.29 is 0 Å². The Morgan fingerprint density at radius 1 is 1.00 bits per heavy atom. The predicted molar refractivity (Wildman–Crippen MR) is 121 cm³/mol. The molecule has 0 amide bonds. The lowest BCUT2D eigenvalue weighted by atomic mass is 10.0. The fraction of sp³-hybridized carbons (Fsp3) is 0.409. The van der Waals surface area contributed by atoms with E-state index >= 15 is 0 Å². The summed E-state index contributed by atoms with van der Waals surface area (Å²) in [6, 6.07) is 15.9. The van der Waals surface area contributed by atoms with Crippen molar-refractivity contribution in [2.45, 2.75) is 25.3 Å². The molecule has 1 fully saturated rings. The van der Waals surface area contributed by atoms with Gasteiger partial charge in [-0.2, -0.15) is 4.37 Å². The topological polar surface area (TPSA) is 45.4 Å². The van der Waals surface area contributed by atoms with Crippen molar-refractivity contribution in [3.63, 3.8) is 0 Å². The summed E-state index contributed by atoms with van der Waals surface area (Å²) >= 11 is 1.61. The molecule has 1 atom stereocenters. The minimum absolute atomic E-state index is 0. The molecule has 1 unspecified atom stereocenters. The minimum atomic E-state index is 0. The van der Waals surface area contributed by atoms with E-state index in [1.807, 2.05) is 0 Å². The van der Waals surface area contributed by atoms with Gasteiger partial charge in [0, 0.05) is 44.2 Å². The second-order valence-corrected chi connectivity index (χ2v) is 8.66. The molecule has 3 aromatic rings. The zero-order chi connectivity index (χ0) is 18.2. The lowest BCUT2D eigenvalue weighted by Gasteiger charge is -2.35. The van der Waals surface area contributed by atoms with Gasteiger partial charge in [0.25, 0.3) is 0 Å². The third-order valence-corrected chi connectivity index (χ3v) is 6.80. The zero-order valence-corrected chi connectivity index (χ0v) is 17.6. The molecule has 1 saturated heterocycles. The Morgan fingerprint density at radius 2 is 1.79 bits per heavy atom. The summed E-state index contributed by atoms with van der Waals surface area (Å²) in [5.41, 5.74) is 10.5. The highest BCUT2D eigenvalue weighted by molar-refractivity contribution is 7.13. The first-order valence-electron chi connectivity index (χ1n) is 9.94. The number of hydrogen-bond acceptors (Lipinski definition) is 5. The van der Waals surface area contributed by atoms with Gasteiger partial charge in [0.05, 0.1) is 4.70 Å². The number of aromatic nitrogens is 1. The van der Waals surface area contributed by atoms with Gasteiger partial charge in [-0.3, -0.25) is 4.90 Å². The average molecular weight is 415 g/mol. The summed E-state index contributed by atoms with van der Waals surface area (Å²) in [4.78, 5) is 5.04. The number of anilines is 1. The van der Waals surface area contributed by atoms with Gasteiger partial charge in [0.2, 0.25) is 0 Å². The molecule has 2 N–H and O–H groups in total. The normalized spacial score (nSPS) is 19.6. The van der Waals surface area contributed by atoms with E-state index in [-0.39, 0.29) is 12.4 Å². The van der Waals surface area contributed by atoms with Crippen molar-refractivity contribution in [2.24, 2.45) is 5.73 Å². The number of piperazine rings is 1. The van der Waals surface area contributed by atoms with Gasteiger partial charge >= 0.3 is 0 Å². The Hall–Kier alpha value is -1.66. The van der Waals surface area contributed by atoms with Gasteiger partial charge in [0.15, 0.2) is 0 Å². The molecule has 2 heterocycles. The van der Waals surface area contributed by atoms with Crippen LogP contribution in [-0.4, -0.2) is 48.0 Å². The number of rotatable bonds is 4. The van der Waals surface area contributed by atoms with Gasteiger partial charge in [-0.05, 0) is 59.6 Å². The predicted octanol–water partition coefficient (Wildman–Crippen LogP) is 3.51. The summed E-state index contributed by atoms with van der Waals surface area (Å²) in [6.45, 7) is 5.49. The number of hydrogen-bond donors (Lipinski definition) is 1. The Kier molecular flexibility index (Phi) is 5.88. The van der Waals surface area contributed by atoms with Gasteiger partial charge in [-0.15, -0.1) is 12.4 Å². The molecular weight excluding hydrogens is 388 g/mol. The molecule has 5 rings (SSSR count). The molecule has 1 aliphatic carbocycles. The second kappa shape index (κ2) is 8.37. The summed E-state index contributed by atoms with van der Waals surface area (Å²) in [7, 11) is 0. The van der Waals surface area contributed by atoms with Crippen LogP contribution in [-0.2, 0) is 19.3 Å². The molecule has 28 heavy (non-hydrogen) atoms. The third kappa shape index (κ3) is 3.90. The molecular formula is C22H27ClN4S. The monoisotopic (exact) mass is 414 g/mol. The SMILES string of the molecule is Cl.NC1Cc2ccc(CCN3CCN(c4nsc5ccccc45)CC3)cc2C1. The Balaban J connectivity index is 0.00000192. The Morgan fingerprint density at radius 3 is 2.64 bits per heavy atom. The van der Waals surface area contributed by atoms with Crippen molar-refractivity contribution in [3.8, 4) is 0 Å². The maximum atomic E-state index is 6.10. The van der Waals surface area contributed by atoms with E-state index in [4.69, 9.17) is 10.1 Å². The van der Waals surface area contributed by atoms with Crippen molar-refractivity contribution >= 4 is 39.8 Å². The van der Waals surface area contributed by atoms with Crippen LogP contribution in [0.1, 0.15) is 16.7 Å². The number of halogens is 1. The van der Waals surface area contributed by atoms with Crippen LogP contribution in [0.25, 0.3) is 10.1 Å². The van der Waals surface area contributed by atoms with E-state index in [1.165, 1.54) is 32.6 Å².